The summed E-state index contributed by atoms with van der Waals surface area (Å²) in [6.45, 7) is 6.24. The lowest BCUT2D eigenvalue weighted by Gasteiger charge is -2.12. The summed E-state index contributed by atoms with van der Waals surface area (Å²) < 4.78 is 6.76. The molecule has 0 aliphatic carbocycles. The van der Waals surface area contributed by atoms with E-state index in [1.807, 2.05) is 13.0 Å². The van der Waals surface area contributed by atoms with E-state index in [1.165, 1.54) is 35.4 Å². The fourth-order valence-corrected chi connectivity index (χ4v) is 2.68. The van der Waals surface area contributed by atoms with Crippen molar-refractivity contribution in [2.75, 3.05) is 6.61 Å². The lowest BCUT2D eigenvalue weighted by Crippen LogP contribution is -2.20. The van der Waals surface area contributed by atoms with Gasteiger partial charge in [-0.2, -0.15) is 0 Å². The van der Waals surface area contributed by atoms with Crippen LogP contribution in [0.3, 0.4) is 0 Å². The van der Waals surface area contributed by atoms with Gasteiger partial charge in [0.25, 0.3) is 11.2 Å². The number of benzene rings is 1. The molecule has 0 aliphatic heterocycles. The molecule has 1 aromatic heterocycles. The van der Waals surface area contributed by atoms with Crippen LogP contribution in [0.5, 0.6) is 11.5 Å². The van der Waals surface area contributed by atoms with E-state index in [2.05, 4.69) is 19.9 Å². The molecule has 1 N–H and O–H groups in total. The highest BCUT2D eigenvalue weighted by atomic mass is 16.6. The minimum Gasteiger partial charge on any atom is -0.504 e. The Morgan fingerprint density at radius 1 is 1.30 bits per heavy atom. The summed E-state index contributed by atoms with van der Waals surface area (Å²) in [7, 11) is 1.49. The average molecular weight is 372 g/mol. The molecule has 0 saturated heterocycles. The fourth-order valence-electron chi connectivity index (χ4n) is 2.68. The summed E-state index contributed by atoms with van der Waals surface area (Å²) in [6.07, 6.45) is 5.85. The zero-order chi connectivity index (χ0) is 20.1. The summed E-state index contributed by atoms with van der Waals surface area (Å²) in [6, 6.07) is 3.95. The SMILES string of the molecule is CC(C)=CCC/C(C)=C/COc1c(O)c2ccc([N+](=O)[O-])cc2n(C)c1=O. The zero-order valence-corrected chi connectivity index (χ0v) is 16.0. The number of aromatic hydroxyl groups is 1. The quantitative estimate of drug-likeness (QED) is 0.446. The molecule has 7 heteroatoms. The third-order valence-electron chi connectivity index (χ3n) is 4.27. The maximum Gasteiger partial charge on any atom is 0.297 e. The van der Waals surface area contributed by atoms with E-state index in [0.29, 0.717) is 5.39 Å². The number of ether oxygens (including phenoxy) is 1. The second-order valence-electron chi connectivity index (χ2n) is 6.68. The number of pyridine rings is 1. The average Bonchev–Trinajstić information content (AvgIpc) is 2.61. The van der Waals surface area contributed by atoms with Crippen LogP contribution in [-0.2, 0) is 7.05 Å². The first-order chi connectivity index (χ1) is 12.7. The molecule has 0 fully saturated rings. The van der Waals surface area contributed by atoms with Crippen molar-refractivity contribution in [2.45, 2.75) is 33.6 Å². The molecular formula is C20H24N2O5. The number of non-ortho nitro benzene ring substituents is 1. The van der Waals surface area contributed by atoms with Crippen LogP contribution < -0.4 is 10.3 Å². The van der Waals surface area contributed by atoms with Crippen molar-refractivity contribution in [1.82, 2.24) is 4.57 Å². The van der Waals surface area contributed by atoms with Gasteiger partial charge in [-0.1, -0.05) is 17.2 Å². The zero-order valence-electron chi connectivity index (χ0n) is 16.0. The van der Waals surface area contributed by atoms with Gasteiger partial charge in [-0.3, -0.25) is 14.9 Å². The maximum atomic E-state index is 12.5. The van der Waals surface area contributed by atoms with Crippen molar-refractivity contribution >= 4 is 16.6 Å². The molecule has 2 aromatic rings. The molecule has 0 saturated carbocycles. The molecule has 1 heterocycles. The molecule has 0 spiro atoms. The van der Waals surface area contributed by atoms with Gasteiger partial charge in [0.15, 0.2) is 5.75 Å². The highest BCUT2D eigenvalue weighted by Gasteiger charge is 2.18. The predicted molar refractivity (Wildman–Crippen MR) is 105 cm³/mol. The smallest absolute Gasteiger partial charge is 0.297 e. The first-order valence-electron chi connectivity index (χ1n) is 8.64. The molecule has 1 aromatic carbocycles. The first kappa shape index (κ1) is 20.2. The number of rotatable bonds is 7. The first-order valence-corrected chi connectivity index (χ1v) is 8.64. The van der Waals surface area contributed by atoms with Crippen LogP contribution in [0.25, 0.3) is 10.9 Å². The van der Waals surface area contributed by atoms with E-state index in [0.717, 1.165) is 18.4 Å². The van der Waals surface area contributed by atoms with Gasteiger partial charge in [-0.05, 0) is 45.8 Å². The Hall–Kier alpha value is -3.09. The topological polar surface area (TPSA) is 94.6 Å². The van der Waals surface area contributed by atoms with E-state index < -0.39 is 10.5 Å². The number of nitro benzene ring substituents is 1. The van der Waals surface area contributed by atoms with E-state index >= 15 is 0 Å². The number of hydrogen-bond donors (Lipinski definition) is 1. The lowest BCUT2D eigenvalue weighted by molar-refractivity contribution is -0.384. The molecule has 0 amide bonds. The van der Waals surface area contributed by atoms with Crippen molar-refractivity contribution < 1.29 is 14.8 Å². The number of nitro groups is 1. The Balaban J connectivity index is 2.26. The Labute approximate surface area is 157 Å². The third kappa shape index (κ3) is 4.75. The third-order valence-corrected chi connectivity index (χ3v) is 4.27. The molecule has 0 atom stereocenters. The van der Waals surface area contributed by atoms with Gasteiger partial charge in [-0.25, -0.2) is 0 Å². The molecule has 144 valence electrons. The van der Waals surface area contributed by atoms with Crippen LogP contribution in [0.1, 0.15) is 33.6 Å². The summed E-state index contributed by atoms with van der Waals surface area (Å²) in [4.78, 5) is 22.9. The van der Waals surface area contributed by atoms with Gasteiger partial charge in [0.2, 0.25) is 5.75 Å². The van der Waals surface area contributed by atoms with Crippen LogP contribution in [-0.4, -0.2) is 21.2 Å². The number of hydrogen-bond acceptors (Lipinski definition) is 5. The Morgan fingerprint density at radius 3 is 2.63 bits per heavy atom. The maximum absolute atomic E-state index is 12.5. The van der Waals surface area contributed by atoms with Gasteiger partial charge in [0.05, 0.1) is 10.4 Å². The predicted octanol–water partition coefficient (Wildman–Crippen LogP) is 4.22. The van der Waals surface area contributed by atoms with Gasteiger partial charge >= 0.3 is 0 Å². The fraction of sp³-hybridized carbons (Fsp3) is 0.350. The van der Waals surface area contributed by atoms with E-state index in [9.17, 15) is 20.0 Å². The van der Waals surface area contributed by atoms with Crippen molar-refractivity contribution in [2.24, 2.45) is 7.05 Å². The van der Waals surface area contributed by atoms with Crippen LogP contribution >= 0.6 is 0 Å². The van der Waals surface area contributed by atoms with Gasteiger partial charge in [-0.15, -0.1) is 0 Å². The van der Waals surface area contributed by atoms with Gasteiger partial charge in [0.1, 0.15) is 6.61 Å². The number of aromatic nitrogens is 1. The highest BCUT2D eigenvalue weighted by molar-refractivity contribution is 5.89. The summed E-state index contributed by atoms with van der Waals surface area (Å²) >= 11 is 0. The molecule has 0 bridgehead atoms. The number of nitrogens with zero attached hydrogens (tertiary/aromatic N) is 2. The monoisotopic (exact) mass is 372 g/mol. The number of fused-ring (bicyclic) bond motifs is 1. The lowest BCUT2D eigenvalue weighted by atomic mass is 10.1. The summed E-state index contributed by atoms with van der Waals surface area (Å²) in [5, 5.41) is 21.7. The largest absolute Gasteiger partial charge is 0.504 e. The molecule has 0 aliphatic rings. The molecule has 2 rings (SSSR count). The van der Waals surface area contributed by atoms with Crippen molar-refractivity contribution in [3.8, 4) is 11.5 Å². The Kier molecular flexibility index (Phi) is 6.39. The van der Waals surface area contributed by atoms with Crippen LogP contribution in [0.4, 0.5) is 5.69 Å². The van der Waals surface area contributed by atoms with Gasteiger partial charge < -0.3 is 14.4 Å². The number of aryl methyl sites for hydroxylation is 1. The molecule has 27 heavy (non-hydrogen) atoms. The van der Waals surface area contributed by atoms with E-state index in [4.69, 9.17) is 4.74 Å². The minimum atomic E-state index is -0.547. The summed E-state index contributed by atoms with van der Waals surface area (Å²) in [5.41, 5.74) is 1.97. The Morgan fingerprint density at radius 2 is 2.00 bits per heavy atom. The van der Waals surface area contributed by atoms with Crippen LogP contribution in [0.2, 0.25) is 0 Å². The normalized spacial score (nSPS) is 11.5. The highest BCUT2D eigenvalue weighted by Crippen LogP contribution is 2.32. The molecule has 0 radical (unpaired) electrons. The van der Waals surface area contributed by atoms with Crippen LogP contribution in [0.15, 0.2) is 46.3 Å². The van der Waals surface area contributed by atoms with Crippen LogP contribution in [0, 0.1) is 10.1 Å². The van der Waals surface area contributed by atoms with E-state index in [1.54, 1.807) is 0 Å². The van der Waals surface area contributed by atoms with Gasteiger partial charge in [0, 0.05) is 24.6 Å². The second kappa shape index (κ2) is 8.53. The molecule has 7 nitrogen and oxygen atoms in total. The second-order valence-corrected chi connectivity index (χ2v) is 6.68. The van der Waals surface area contributed by atoms with Crippen molar-refractivity contribution in [3.63, 3.8) is 0 Å². The van der Waals surface area contributed by atoms with Crippen molar-refractivity contribution in [1.29, 1.82) is 0 Å². The minimum absolute atomic E-state index is 0.152. The van der Waals surface area contributed by atoms with E-state index in [-0.39, 0.29) is 29.3 Å². The standard InChI is InChI=1S/C20H24N2O5/c1-13(2)6-5-7-14(3)10-11-27-19-18(23)16-9-8-15(22(25)26)12-17(16)21(4)20(19)24/h6,8-10,12,23H,5,7,11H2,1-4H3/b14-10+. The Bertz CT molecular complexity index is 982. The summed E-state index contributed by atoms with van der Waals surface area (Å²) in [5.74, 6) is -0.467. The van der Waals surface area contributed by atoms with Crippen molar-refractivity contribution in [3.05, 3.63) is 62.0 Å². The molecular weight excluding hydrogens is 348 g/mol. The molecule has 0 unspecified atom stereocenters. The number of allylic oxidation sites excluding steroid dienone is 3.